The number of alkyl halides is 9. The van der Waals surface area contributed by atoms with E-state index < -0.39 is 69.4 Å². The van der Waals surface area contributed by atoms with Gasteiger partial charge in [-0.05, 0) is 59.1 Å². The number of amides is 3. The van der Waals surface area contributed by atoms with Crippen LogP contribution in [0.15, 0.2) is 40.9 Å². The summed E-state index contributed by atoms with van der Waals surface area (Å²) >= 11 is 2.55. The molecule has 8 nitrogen and oxygen atoms in total. The summed E-state index contributed by atoms with van der Waals surface area (Å²) in [6.07, 6.45) is -12.4. The first-order valence-electron chi connectivity index (χ1n) is 10.9. The number of nitrogens with zero attached hydrogens (tertiary/aromatic N) is 1. The van der Waals surface area contributed by atoms with E-state index in [1.165, 1.54) is 12.1 Å². The first-order chi connectivity index (χ1) is 18.8. The maximum Gasteiger partial charge on any atom is 0.435 e. The Labute approximate surface area is 231 Å². The number of halogens is 10. The quantitative estimate of drug-likeness (QED) is 0.260. The van der Waals surface area contributed by atoms with Gasteiger partial charge < -0.3 is 20.7 Å². The molecule has 1 saturated carbocycles. The lowest BCUT2D eigenvalue weighted by Gasteiger charge is -2.31. The van der Waals surface area contributed by atoms with Crippen molar-refractivity contribution in [1.82, 2.24) is 5.32 Å². The molecule has 3 N–H and O–H groups in total. The highest BCUT2D eigenvalue weighted by atomic mass is 79.9. The SMILES string of the molecule is N#CC1(NC(=O)C(=O)Nc2cccc(C(=O)Nc3c(Br)cc(C(F)(C(F)(F)F)C(F)(F)F)cc3OC(F)F)c2)CC1. The summed E-state index contributed by atoms with van der Waals surface area (Å²) in [6.45, 7) is -3.82. The third-order valence-electron chi connectivity index (χ3n) is 5.59. The summed E-state index contributed by atoms with van der Waals surface area (Å²) in [5.74, 6) is -5.00. The molecule has 0 saturated heterocycles. The fraction of sp³-hybridized carbons (Fsp3) is 0.304. The van der Waals surface area contributed by atoms with Crippen molar-refractivity contribution in [3.05, 3.63) is 52.0 Å². The molecular formula is C23H14BrF9N4O4. The normalized spacial score (nSPS) is 14.6. The van der Waals surface area contributed by atoms with Crippen LogP contribution < -0.4 is 20.7 Å². The van der Waals surface area contributed by atoms with Crippen LogP contribution in [-0.2, 0) is 15.3 Å². The average molecular weight is 661 g/mol. The first-order valence-corrected chi connectivity index (χ1v) is 11.7. The number of hydrogen-bond acceptors (Lipinski definition) is 5. The van der Waals surface area contributed by atoms with Crippen LogP contribution >= 0.6 is 15.9 Å². The van der Waals surface area contributed by atoms with Crippen LogP contribution in [-0.4, -0.2) is 42.2 Å². The predicted octanol–water partition coefficient (Wildman–Crippen LogP) is 5.70. The zero-order valence-electron chi connectivity index (χ0n) is 19.8. The summed E-state index contributed by atoms with van der Waals surface area (Å²) in [5, 5.41) is 15.3. The van der Waals surface area contributed by atoms with E-state index in [1.54, 1.807) is 0 Å². The number of carbonyl (C=O) groups is 3. The molecule has 0 aliphatic heterocycles. The molecule has 220 valence electrons. The fourth-order valence-electron chi connectivity index (χ4n) is 3.35. The number of nitriles is 1. The molecule has 0 atom stereocenters. The van der Waals surface area contributed by atoms with E-state index in [-0.39, 0.29) is 23.4 Å². The van der Waals surface area contributed by atoms with E-state index in [9.17, 15) is 53.9 Å². The van der Waals surface area contributed by atoms with Crippen molar-refractivity contribution < 1.29 is 58.6 Å². The van der Waals surface area contributed by atoms with Crippen molar-refractivity contribution in [2.45, 2.75) is 43.0 Å². The van der Waals surface area contributed by atoms with Gasteiger partial charge in [-0.3, -0.25) is 14.4 Å². The molecule has 0 unspecified atom stereocenters. The maximum absolute atomic E-state index is 14.5. The lowest BCUT2D eigenvalue weighted by molar-refractivity contribution is -0.348. The molecule has 2 aromatic rings. The fourth-order valence-corrected chi connectivity index (χ4v) is 3.90. The lowest BCUT2D eigenvalue weighted by Crippen LogP contribution is -2.50. The van der Waals surface area contributed by atoms with Gasteiger partial charge in [0.25, 0.3) is 5.91 Å². The topological polar surface area (TPSA) is 120 Å². The number of anilines is 2. The number of benzene rings is 2. The van der Waals surface area contributed by atoms with Crippen molar-refractivity contribution in [2.75, 3.05) is 10.6 Å². The third kappa shape index (κ3) is 6.66. The van der Waals surface area contributed by atoms with Crippen LogP contribution in [0.5, 0.6) is 5.75 Å². The molecule has 0 radical (unpaired) electrons. The Balaban J connectivity index is 1.90. The van der Waals surface area contributed by atoms with Gasteiger partial charge in [-0.1, -0.05) is 6.07 Å². The van der Waals surface area contributed by atoms with Gasteiger partial charge in [0.2, 0.25) is 0 Å². The van der Waals surface area contributed by atoms with Gasteiger partial charge in [-0.25, -0.2) is 4.39 Å². The minimum absolute atomic E-state index is 0.0158. The minimum Gasteiger partial charge on any atom is -0.433 e. The Hall–Kier alpha value is -4.01. The van der Waals surface area contributed by atoms with Gasteiger partial charge in [0.1, 0.15) is 5.54 Å². The van der Waals surface area contributed by atoms with Crippen molar-refractivity contribution in [3.63, 3.8) is 0 Å². The second kappa shape index (κ2) is 11.1. The van der Waals surface area contributed by atoms with E-state index in [0.29, 0.717) is 12.8 Å². The van der Waals surface area contributed by atoms with Crippen LogP contribution in [0.3, 0.4) is 0 Å². The molecule has 0 spiro atoms. The molecule has 0 aromatic heterocycles. The molecule has 0 bridgehead atoms. The highest BCUT2D eigenvalue weighted by molar-refractivity contribution is 9.10. The van der Waals surface area contributed by atoms with Gasteiger partial charge in [-0.15, -0.1) is 0 Å². The molecule has 3 rings (SSSR count). The molecule has 1 fully saturated rings. The van der Waals surface area contributed by atoms with Gasteiger partial charge in [-0.2, -0.15) is 40.4 Å². The zero-order valence-corrected chi connectivity index (χ0v) is 21.4. The standard InChI is InChI=1S/C23H14BrF9N4O4/c24-13-7-11(21(27,22(28,29)30)23(31,32)33)8-14(41-19(25)26)15(13)36-16(38)10-2-1-3-12(6-10)35-17(39)18(40)37-20(9-34)4-5-20/h1-3,6-8,19H,4-5H2,(H,35,39)(H,36,38)(H,37,40). The van der Waals surface area contributed by atoms with E-state index in [1.807, 2.05) is 11.4 Å². The van der Waals surface area contributed by atoms with Gasteiger partial charge in [0.15, 0.2) is 5.75 Å². The van der Waals surface area contributed by atoms with E-state index in [4.69, 9.17) is 5.26 Å². The zero-order chi connectivity index (χ0) is 31.0. The predicted molar refractivity (Wildman–Crippen MR) is 124 cm³/mol. The van der Waals surface area contributed by atoms with Crippen molar-refractivity contribution in [3.8, 4) is 11.8 Å². The summed E-state index contributed by atoms with van der Waals surface area (Å²) in [6, 6.07) is 6.05. The number of rotatable bonds is 7. The van der Waals surface area contributed by atoms with Crippen LogP contribution in [0.4, 0.5) is 50.9 Å². The van der Waals surface area contributed by atoms with Crippen LogP contribution in [0.2, 0.25) is 0 Å². The number of carbonyl (C=O) groups excluding carboxylic acids is 3. The molecule has 1 aliphatic carbocycles. The van der Waals surface area contributed by atoms with Crippen LogP contribution in [0, 0.1) is 11.3 Å². The average Bonchev–Trinajstić information content (AvgIpc) is 3.63. The summed E-state index contributed by atoms with van der Waals surface area (Å²) in [7, 11) is 0. The summed E-state index contributed by atoms with van der Waals surface area (Å²) in [5.41, 5.74) is -10.7. The molecule has 3 amide bonds. The number of nitrogens with one attached hydrogen (secondary N) is 3. The number of ether oxygens (including phenoxy) is 1. The van der Waals surface area contributed by atoms with Crippen molar-refractivity contribution >= 4 is 45.0 Å². The molecule has 41 heavy (non-hydrogen) atoms. The largest absolute Gasteiger partial charge is 0.435 e. The van der Waals surface area contributed by atoms with Crippen LogP contribution in [0.1, 0.15) is 28.8 Å². The highest BCUT2D eigenvalue weighted by Crippen LogP contribution is 2.55. The molecule has 1 aliphatic rings. The maximum atomic E-state index is 14.5. The lowest BCUT2D eigenvalue weighted by atomic mass is 9.93. The van der Waals surface area contributed by atoms with E-state index in [0.717, 1.165) is 12.1 Å². The van der Waals surface area contributed by atoms with E-state index in [2.05, 4.69) is 31.3 Å². The molecule has 0 heterocycles. The second-order valence-corrected chi connectivity index (χ2v) is 9.36. The Morgan fingerprint density at radius 3 is 2.07 bits per heavy atom. The summed E-state index contributed by atoms with van der Waals surface area (Å²) in [4.78, 5) is 36.9. The minimum atomic E-state index is -6.56. The third-order valence-corrected chi connectivity index (χ3v) is 6.22. The van der Waals surface area contributed by atoms with Crippen molar-refractivity contribution in [2.24, 2.45) is 0 Å². The molecular weight excluding hydrogens is 647 g/mol. The second-order valence-electron chi connectivity index (χ2n) is 8.50. The Bertz CT molecular complexity index is 1410. The Morgan fingerprint density at radius 1 is 0.951 bits per heavy atom. The van der Waals surface area contributed by atoms with Crippen molar-refractivity contribution in [1.29, 1.82) is 5.26 Å². The van der Waals surface area contributed by atoms with E-state index >= 15 is 0 Å². The molecule has 2 aromatic carbocycles. The van der Waals surface area contributed by atoms with Gasteiger partial charge in [0.05, 0.1) is 11.8 Å². The van der Waals surface area contributed by atoms with Crippen LogP contribution in [0.25, 0.3) is 0 Å². The highest BCUT2D eigenvalue weighted by Gasteiger charge is 2.73. The first kappa shape index (κ1) is 31.5. The Morgan fingerprint density at radius 2 is 1.56 bits per heavy atom. The molecule has 18 heteroatoms. The van der Waals surface area contributed by atoms with Gasteiger partial charge in [0, 0.05) is 21.3 Å². The Kier molecular flexibility index (Phi) is 8.54. The smallest absolute Gasteiger partial charge is 0.433 e. The summed E-state index contributed by atoms with van der Waals surface area (Å²) < 4.78 is 123. The van der Waals surface area contributed by atoms with Gasteiger partial charge >= 0.3 is 36.4 Å². The monoisotopic (exact) mass is 660 g/mol. The number of hydrogen-bond donors (Lipinski definition) is 3.